The van der Waals surface area contributed by atoms with Crippen molar-refractivity contribution in [2.75, 3.05) is 0 Å². The van der Waals surface area contributed by atoms with Crippen LogP contribution in [0.1, 0.15) is 18.1 Å². The molecule has 2 aromatic rings. The van der Waals surface area contributed by atoms with Crippen LogP contribution in [0.25, 0.3) is 5.57 Å². The van der Waals surface area contributed by atoms with E-state index in [9.17, 15) is 27.5 Å². The molecular weight excluding hydrogens is 354 g/mol. The summed E-state index contributed by atoms with van der Waals surface area (Å²) in [4.78, 5) is 11.5. The number of ether oxygens (including phenoxy) is 1. The molecule has 3 rings (SSSR count). The lowest BCUT2D eigenvalue weighted by Crippen LogP contribution is -2.57. The second-order valence-corrected chi connectivity index (χ2v) is 5.68. The molecule has 0 aliphatic carbocycles. The predicted molar refractivity (Wildman–Crippen MR) is 84.3 cm³/mol. The summed E-state index contributed by atoms with van der Waals surface area (Å²) in [5, 5.41) is 12.4. The number of halogens is 4. The van der Waals surface area contributed by atoms with Crippen LogP contribution in [0.4, 0.5) is 17.6 Å². The highest BCUT2D eigenvalue weighted by Gasteiger charge is 2.62. The quantitative estimate of drug-likeness (QED) is 0.801. The second kappa shape index (κ2) is 6.14. The van der Waals surface area contributed by atoms with E-state index in [4.69, 9.17) is 4.74 Å². The molecule has 0 aromatic heterocycles. The molecule has 4 nitrogen and oxygen atoms in total. The van der Waals surface area contributed by atoms with Gasteiger partial charge >= 0.3 is 12.0 Å². The van der Waals surface area contributed by atoms with Gasteiger partial charge in [0.15, 0.2) is 0 Å². The predicted octanol–water partition coefficient (Wildman–Crippen LogP) is 3.36. The van der Waals surface area contributed by atoms with E-state index >= 15 is 0 Å². The van der Waals surface area contributed by atoms with E-state index < -0.39 is 29.4 Å². The van der Waals surface area contributed by atoms with Crippen molar-refractivity contribution in [2.24, 2.45) is 0 Å². The highest BCUT2D eigenvalue weighted by atomic mass is 19.4. The van der Waals surface area contributed by atoms with Crippen molar-refractivity contribution >= 4 is 11.5 Å². The van der Waals surface area contributed by atoms with Crippen molar-refractivity contribution < 1.29 is 32.2 Å². The molecular formula is C18H13F4NO3. The van der Waals surface area contributed by atoms with E-state index in [2.05, 4.69) is 0 Å². The zero-order chi connectivity index (χ0) is 19.1. The van der Waals surface area contributed by atoms with Crippen LogP contribution in [0.15, 0.2) is 54.2 Å². The summed E-state index contributed by atoms with van der Waals surface area (Å²) in [5.41, 5.74) is -0.588. The van der Waals surface area contributed by atoms with E-state index in [1.165, 1.54) is 30.3 Å². The lowest BCUT2D eigenvalue weighted by molar-refractivity contribution is -0.318. The minimum absolute atomic E-state index is 0.109. The number of hydrogen-bond donors (Lipinski definition) is 2. The first-order chi connectivity index (χ1) is 12.1. The molecule has 1 aliphatic rings. The maximum atomic E-state index is 13.7. The van der Waals surface area contributed by atoms with Gasteiger partial charge in [0.05, 0.1) is 0 Å². The maximum Gasteiger partial charge on any atom is 0.462 e. The number of carbonyl (C=O) groups excluding carboxylic acids is 1. The maximum absolute atomic E-state index is 13.7. The largest absolute Gasteiger partial charge is 0.462 e. The summed E-state index contributed by atoms with van der Waals surface area (Å²) in [5.74, 6) is -5.40. The van der Waals surface area contributed by atoms with E-state index in [0.717, 1.165) is 19.1 Å². The van der Waals surface area contributed by atoms with Crippen molar-refractivity contribution in [2.45, 2.75) is 18.9 Å². The lowest BCUT2D eigenvalue weighted by atomic mass is 9.89. The van der Waals surface area contributed by atoms with Crippen molar-refractivity contribution in [1.82, 2.24) is 5.32 Å². The Kier molecular flexibility index (Phi) is 4.23. The van der Waals surface area contributed by atoms with Gasteiger partial charge in [-0.2, -0.15) is 13.2 Å². The third-order valence-electron chi connectivity index (χ3n) is 3.82. The molecule has 2 aromatic carbocycles. The van der Waals surface area contributed by atoms with Gasteiger partial charge in [-0.25, -0.2) is 4.39 Å². The Morgan fingerprint density at radius 3 is 2.31 bits per heavy atom. The highest BCUT2D eigenvalue weighted by Crippen LogP contribution is 2.47. The van der Waals surface area contributed by atoms with Crippen LogP contribution >= 0.6 is 0 Å². The molecule has 1 atom stereocenters. The number of para-hydroxylation sites is 1. The summed E-state index contributed by atoms with van der Waals surface area (Å²) < 4.78 is 59.1. The number of amides is 1. The van der Waals surface area contributed by atoms with E-state index in [-0.39, 0.29) is 22.4 Å². The molecule has 0 bridgehead atoms. The number of carbonyl (C=O) groups is 1. The Bertz CT molecular complexity index is 890. The van der Waals surface area contributed by atoms with E-state index in [0.29, 0.717) is 0 Å². The Morgan fingerprint density at radius 1 is 1.12 bits per heavy atom. The molecule has 1 heterocycles. The molecule has 2 N–H and O–H groups in total. The molecule has 1 amide bonds. The fourth-order valence-corrected chi connectivity index (χ4v) is 2.72. The molecule has 0 spiro atoms. The van der Waals surface area contributed by atoms with E-state index in [1.807, 2.05) is 5.32 Å². The number of aliphatic hydroxyl groups is 1. The number of fused-ring (bicyclic) bond motifs is 1. The van der Waals surface area contributed by atoms with Gasteiger partial charge in [0.1, 0.15) is 17.3 Å². The molecule has 26 heavy (non-hydrogen) atoms. The zero-order valence-corrected chi connectivity index (χ0v) is 13.4. The van der Waals surface area contributed by atoms with Crippen LogP contribution in [0.5, 0.6) is 5.75 Å². The SMILES string of the molecule is CC(=O)NC1=C(c2ccc(F)cc2)c2ccccc2OC1(O)C(F)(F)F. The molecule has 0 saturated heterocycles. The monoisotopic (exact) mass is 367 g/mol. The third kappa shape index (κ3) is 2.92. The van der Waals surface area contributed by atoms with E-state index in [1.54, 1.807) is 6.07 Å². The van der Waals surface area contributed by atoms with Crippen LogP contribution < -0.4 is 10.1 Å². The van der Waals surface area contributed by atoms with Crippen LogP contribution in [-0.4, -0.2) is 23.0 Å². The normalized spacial score (nSPS) is 19.6. The van der Waals surface area contributed by atoms with Crippen molar-refractivity contribution in [1.29, 1.82) is 0 Å². The molecule has 0 radical (unpaired) electrons. The van der Waals surface area contributed by atoms with Gasteiger partial charge in [-0.3, -0.25) is 4.79 Å². The summed E-state index contributed by atoms with van der Waals surface area (Å²) in [7, 11) is 0. The topological polar surface area (TPSA) is 58.6 Å². The zero-order valence-electron chi connectivity index (χ0n) is 13.4. The molecule has 1 unspecified atom stereocenters. The number of benzene rings is 2. The second-order valence-electron chi connectivity index (χ2n) is 5.68. The van der Waals surface area contributed by atoms with Gasteiger partial charge in [0, 0.05) is 18.1 Å². The number of alkyl halides is 3. The van der Waals surface area contributed by atoms with Crippen LogP contribution in [0.2, 0.25) is 0 Å². The number of hydrogen-bond acceptors (Lipinski definition) is 3. The van der Waals surface area contributed by atoms with Crippen LogP contribution in [0, 0.1) is 5.82 Å². The lowest BCUT2D eigenvalue weighted by Gasteiger charge is -2.38. The van der Waals surface area contributed by atoms with Crippen molar-refractivity contribution in [3.05, 3.63) is 71.2 Å². The molecule has 1 aliphatic heterocycles. The average Bonchev–Trinajstić information content (AvgIpc) is 2.55. The van der Waals surface area contributed by atoms with Gasteiger partial charge < -0.3 is 15.2 Å². The number of nitrogens with one attached hydrogen (secondary N) is 1. The van der Waals surface area contributed by atoms with Gasteiger partial charge in [-0.05, 0) is 23.8 Å². The summed E-state index contributed by atoms with van der Waals surface area (Å²) in [6.45, 7) is 1.01. The first-order valence-corrected chi connectivity index (χ1v) is 7.49. The van der Waals surface area contributed by atoms with Gasteiger partial charge in [0.25, 0.3) is 0 Å². The minimum atomic E-state index is -5.25. The Labute approximate surface area is 145 Å². The first-order valence-electron chi connectivity index (χ1n) is 7.49. The van der Waals surface area contributed by atoms with Gasteiger partial charge in [-0.1, -0.05) is 30.3 Å². The summed E-state index contributed by atoms with van der Waals surface area (Å²) in [6, 6.07) is 10.4. The van der Waals surface area contributed by atoms with Gasteiger partial charge in [0.2, 0.25) is 5.91 Å². The molecule has 8 heteroatoms. The van der Waals surface area contributed by atoms with Crippen molar-refractivity contribution in [3.8, 4) is 5.75 Å². The summed E-state index contributed by atoms with van der Waals surface area (Å²) >= 11 is 0. The van der Waals surface area contributed by atoms with Crippen LogP contribution in [0.3, 0.4) is 0 Å². The molecule has 136 valence electrons. The smallest absolute Gasteiger partial charge is 0.448 e. The Hall–Kier alpha value is -2.87. The standard InChI is InChI=1S/C18H13F4NO3/c1-10(24)23-16-15(11-6-8-12(19)9-7-11)13-4-2-3-5-14(13)26-17(16,25)18(20,21)22/h2-9,25H,1H3,(H,23,24). The van der Waals surface area contributed by atoms with Gasteiger partial charge in [-0.15, -0.1) is 0 Å². The Morgan fingerprint density at radius 2 is 1.73 bits per heavy atom. The fourth-order valence-electron chi connectivity index (χ4n) is 2.72. The molecule has 0 saturated carbocycles. The minimum Gasteiger partial charge on any atom is -0.448 e. The molecule has 0 fully saturated rings. The Balaban J connectivity index is 2.38. The highest BCUT2D eigenvalue weighted by molar-refractivity contribution is 5.90. The summed E-state index contributed by atoms with van der Waals surface area (Å²) in [6.07, 6.45) is -5.25. The average molecular weight is 367 g/mol. The van der Waals surface area contributed by atoms with Crippen molar-refractivity contribution in [3.63, 3.8) is 0 Å². The first kappa shape index (κ1) is 17.9. The number of rotatable bonds is 2. The fraction of sp³-hybridized carbons (Fsp3) is 0.167. The third-order valence-corrected chi connectivity index (χ3v) is 3.82. The van der Waals surface area contributed by atoms with Crippen LogP contribution in [-0.2, 0) is 4.79 Å².